The average molecular weight is 479 g/mol. The summed E-state index contributed by atoms with van der Waals surface area (Å²) in [6.07, 6.45) is 0. The lowest BCUT2D eigenvalue weighted by Crippen LogP contribution is -2.00. The summed E-state index contributed by atoms with van der Waals surface area (Å²) in [5.74, 6) is 0. The van der Waals surface area contributed by atoms with E-state index >= 15 is 0 Å². The SMILES string of the molecule is Cc1c(Cl)c(-c2c(Cl)c(C)c(Cl)c([N+](=O)[O-])c2Cl)c(Cl)c([N+](=O)[O-])c1Cl. The van der Waals surface area contributed by atoms with Crippen LogP contribution in [0.25, 0.3) is 11.1 Å². The van der Waals surface area contributed by atoms with Crippen molar-refractivity contribution in [2.45, 2.75) is 13.8 Å². The number of hydrogen-bond donors (Lipinski definition) is 0. The first kappa shape index (κ1) is 21.3. The van der Waals surface area contributed by atoms with E-state index in [-0.39, 0.29) is 42.3 Å². The Morgan fingerprint density at radius 2 is 0.846 bits per heavy atom. The summed E-state index contributed by atoms with van der Waals surface area (Å²) >= 11 is 36.8. The molecular weight excluding hydrogens is 473 g/mol. The predicted octanol–water partition coefficient (Wildman–Crippen LogP) is 7.71. The molecule has 0 saturated carbocycles. The molecule has 0 N–H and O–H groups in total. The standard InChI is InChI=1S/C14H6Cl6N2O4/c1-3-7(15)5(11(19)13(9(3)17)21(23)24)6-8(16)4(2)10(18)14(12(6)20)22(25)26/h1-2H3. The molecule has 0 radical (unpaired) electrons. The van der Waals surface area contributed by atoms with Crippen molar-refractivity contribution in [2.75, 3.05) is 0 Å². The van der Waals surface area contributed by atoms with E-state index in [4.69, 9.17) is 69.6 Å². The van der Waals surface area contributed by atoms with Crippen molar-refractivity contribution in [3.63, 3.8) is 0 Å². The Morgan fingerprint density at radius 1 is 0.577 bits per heavy atom. The zero-order valence-electron chi connectivity index (χ0n) is 12.8. The average Bonchev–Trinajstić information content (AvgIpc) is 2.53. The van der Waals surface area contributed by atoms with Crippen LogP contribution in [-0.2, 0) is 0 Å². The number of nitro benzene ring substituents is 2. The van der Waals surface area contributed by atoms with Crippen molar-refractivity contribution in [2.24, 2.45) is 0 Å². The van der Waals surface area contributed by atoms with E-state index in [0.29, 0.717) is 0 Å². The molecule has 0 spiro atoms. The zero-order valence-corrected chi connectivity index (χ0v) is 17.3. The van der Waals surface area contributed by atoms with E-state index in [1.54, 1.807) is 0 Å². The van der Waals surface area contributed by atoms with Gasteiger partial charge in [0.15, 0.2) is 0 Å². The lowest BCUT2D eigenvalue weighted by atomic mass is 9.99. The molecule has 0 aliphatic rings. The number of nitrogens with zero attached hydrogens (tertiary/aromatic N) is 2. The molecule has 138 valence electrons. The van der Waals surface area contributed by atoms with Crippen molar-refractivity contribution in [3.8, 4) is 11.1 Å². The molecule has 0 fully saturated rings. The second-order valence-corrected chi connectivity index (χ2v) is 7.36. The molecule has 0 bridgehead atoms. The third-order valence-corrected chi connectivity index (χ3v) is 6.25. The minimum atomic E-state index is -0.795. The maximum atomic E-state index is 11.4. The Balaban J connectivity index is 3.13. The van der Waals surface area contributed by atoms with E-state index < -0.39 is 31.3 Å². The summed E-state index contributed by atoms with van der Waals surface area (Å²) in [5, 5.41) is 21.1. The number of halogens is 6. The van der Waals surface area contributed by atoms with Crippen LogP contribution in [0.2, 0.25) is 30.1 Å². The lowest BCUT2D eigenvalue weighted by Gasteiger charge is -2.17. The molecule has 0 atom stereocenters. The minimum absolute atomic E-state index is 0.0783. The molecule has 0 amide bonds. The Kier molecular flexibility index (Phi) is 6.17. The predicted molar refractivity (Wildman–Crippen MR) is 105 cm³/mol. The molecular formula is C14H6Cl6N2O4. The fourth-order valence-corrected chi connectivity index (χ4v) is 4.38. The van der Waals surface area contributed by atoms with Gasteiger partial charge in [-0.25, -0.2) is 0 Å². The van der Waals surface area contributed by atoms with Gasteiger partial charge in [0.2, 0.25) is 0 Å². The second-order valence-electron chi connectivity index (χ2n) is 5.10. The van der Waals surface area contributed by atoms with Crippen LogP contribution in [0, 0.1) is 34.1 Å². The first-order valence-electron chi connectivity index (χ1n) is 6.56. The molecule has 0 unspecified atom stereocenters. The van der Waals surface area contributed by atoms with E-state index in [9.17, 15) is 20.2 Å². The Morgan fingerprint density at radius 3 is 1.08 bits per heavy atom. The maximum absolute atomic E-state index is 11.4. The van der Waals surface area contributed by atoms with Crippen LogP contribution in [0.1, 0.15) is 11.1 Å². The van der Waals surface area contributed by atoms with Crippen molar-refractivity contribution in [1.82, 2.24) is 0 Å². The molecule has 0 saturated heterocycles. The molecule has 2 aromatic rings. The summed E-state index contributed by atoms with van der Waals surface area (Å²) in [5.41, 5.74) is -1.23. The van der Waals surface area contributed by atoms with Gasteiger partial charge in [-0.2, -0.15) is 0 Å². The van der Waals surface area contributed by atoms with Gasteiger partial charge in [0.25, 0.3) is 0 Å². The van der Waals surface area contributed by atoms with E-state index in [2.05, 4.69) is 0 Å². The summed E-state index contributed by atoms with van der Waals surface area (Å²) < 4.78 is 0. The maximum Gasteiger partial charge on any atom is 0.307 e. The van der Waals surface area contributed by atoms with Crippen LogP contribution < -0.4 is 0 Å². The Bertz CT molecular complexity index is 913. The second kappa shape index (κ2) is 7.54. The van der Waals surface area contributed by atoms with E-state index in [1.807, 2.05) is 0 Å². The number of hydrogen-bond acceptors (Lipinski definition) is 4. The van der Waals surface area contributed by atoms with Crippen LogP contribution in [-0.4, -0.2) is 9.85 Å². The van der Waals surface area contributed by atoms with Crippen LogP contribution in [0.5, 0.6) is 0 Å². The molecule has 26 heavy (non-hydrogen) atoms. The van der Waals surface area contributed by atoms with Crippen LogP contribution >= 0.6 is 69.6 Å². The van der Waals surface area contributed by atoms with Gasteiger partial charge in [0, 0.05) is 11.1 Å². The third-order valence-electron chi connectivity index (χ3n) is 3.64. The Labute approximate surface area is 176 Å². The number of nitro groups is 2. The fraction of sp³-hybridized carbons (Fsp3) is 0.143. The summed E-state index contributed by atoms with van der Waals surface area (Å²) in [7, 11) is 0. The lowest BCUT2D eigenvalue weighted by molar-refractivity contribution is -0.384. The monoisotopic (exact) mass is 476 g/mol. The summed E-state index contributed by atoms with van der Waals surface area (Å²) in [6.45, 7) is 2.85. The fourth-order valence-electron chi connectivity index (χ4n) is 2.30. The minimum Gasteiger partial charge on any atom is -0.258 e. The van der Waals surface area contributed by atoms with E-state index in [0.717, 1.165) is 0 Å². The largest absolute Gasteiger partial charge is 0.307 e. The highest BCUT2D eigenvalue weighted by Gasteiger charge is 2.34. The van der Waals surface area contributed by atoms with Gasteiger partial charge >= 0.3 is 11.4 Å². The topological polar surface area (TPSA) is 86.3 Å². The molecule has 0 aliphatic carbocycles. The molecule has 0 heterocycles. The van der Waals surface area contributed by atoms with Crippen LogP contribution in [0.15, 0.2) is 0 Å². The summed E-state index contributed by atoms with van der Waals surface area (Å²) in [6, 6.07) is 0. The molecule has 2 rings (SSSR count). The van der Waals surface area contributed by atoms with Gasteiger partial charge in [0.05, 0.1) is 19.9 Å². The quantitative estimate of drug-likeness (QED) is 0.334. The highest BCUT2D eigenvalue weighted by atomic mass is 35.5. The highest BCUT2D eigenvalue weighted by molar-refractivity contribution is 6.49. The van der Waals surface area contributed by atoms with Crippen LogP contribution in [0.3, 0.4) is 0 Å². The number of rotatable bonds is 3. The van der Waals surface area contributed by atoms with Crippen molar-refractivity contribution < 1.29 is 9.85 Å². The highest BCUT2D eigenvalue weighted by Crippen LogP contribution is 2.54. The van der Waals surface area contributed by atoms with Crippen molar-refractivity contribution in [1.29, 1.82) is 0 Å². The van der Waals surface area contributed by atoms with E-state index in [1.165, 1.54) is 13.8 Å². The van der Waals surface area contributed by atoms with Gasteiger partial charge in [-0.1, -0.05) is 69.6 Å². The van der Waals surface area contributed by atoms with Crippen molar-refractivity contribution in [3.05, 3.63) is 61.5 Å². The molecule has 2 aromatic carbocycles. The van der Waals surface area contributed by atoms with Gasteiger partial charge < -0.3 is 0 Å². The van der Waals surface area contributed by atoms with Crippen LogP contribution in [0.4, 0.5) is 11.4 Å². The Hall–Kier alpha value is -1.02. The molecule has 0 aromatic heterocycles. The van der Waals surface area contributed by atoms with Gasteiger partial charge in [-0.15, -0.1) is 0 Å². The first-order chi connectivity index (χ1) is 11.9. The third kappa shape index (κ3) is 3.19. The smallest absolute Gasteiger partial charge is 0.258 e. The van der Waals surface area contributed by atoms with Crippen molar-refractivity contribution >= 4 is 81.0 Å². The zero-order chi connectivity index (χ0) is 20.1. The molecule has 0 aliphatic heterocycles. The first-order valence-corrected chi connectivity index (χ1v) is 8.83. The molecule has 12 heteroatoms. The summed E-state index contributed by atoms with van der Waals surface area (Å²) in [4.78, 5) is 21.1. The van der Waals surface area contributed by atoms with Gasteiger partial charge in [-0.3, -0.25) is 20.2 Å². The number of benzene rings is 2. The molecule has 6 nitrogen and oxygen atoms in total. The van der Waals surface area contributed by atoms with Gasteiger partial charge in [0.1, 0.15) is 20.1 Å². The van der Waals surface area contributed by atoms with Gasteiger partial charge in [-0.05, 0) is 25.0 Å². The normalized spacial score (nSPS) is 10.9.